The first-order chi connectivity index (χ1) is 9.56. The van der Waals surface area contributed by atoms with Crippen LogP contribution in [0, 0.1) is 5.82 Å². The number of hydrogen-bond donors (Lipinski definition) is 1. The van der Waals surface area contributed by atoms with E-state index in [2.05, 4.69) is 6.92 Å². The van der Waals surface area contributed by atoms with Crippen LogP contribution >= 0.6 is 0 Å². The highest BCUT2D eigenvalue weighted by molar-refractivity contribution is 5.73. The molecule has 0 radical (unpaired) electrons. The monoisotopic (exact) mass is 271 g/mol. The Balaban J connectivity index is 2.09. The molecule has 0 spiro atoms. The van der Waals surface area contributed by atoms with E-state index in [-0.39, 0.29) is 11.7 Å². The van der Waals surface area contributed by atoms with Crippen molar-refractivity contribution in [2.45, 2.75) is 25.7 Å². The lowest BCUT2D eigenvalue weighted by Gasteiger charge is -2.11. The molecular weight excluding hydrogens is 253 g/mol. The molecule has 0 aliphatic rings. The number of carbonyl (C=O) groups is 1. The lowest BCUT2D eigenvalue weighted by Crippen LogP contribution is -2.11. The number of benzene rings is 2. The molecule has 2 N–H and O–H groups in total. The van der Waals surface area contributed by atoms with Gasteiger partial charge in [-0.05, 0) is 41.2 Å². The Bertz CT molecular complexity index is 575. The maximum atomic E-state index is 12.9. The molecule has 2 aromatic rings. The average Bonchev–Trinajstić information content (AvgIpc) is 2.46. The first-order valence-electron chi connectivity index (χ1n) is 6.70. The number of carbonyl (C=O) groups excluding carboxylic acids is 1. The number of rotatable bonds is 5. The zero-order chi connectivity index (χ0) is 14.5. The highest BCUT2D eigenvalue weighted by Gasteiger charge is 2.07. The van der Waals surface area contributed by atoms with Gasteiger partial charge in [-0.25, -0.2) is 4.39 Å². The zero-order valence-electron chi connectivity index (χ0n) is 11.5. The van der Waals surface area contributed by atoms with Gasteiger partial charge in [0, 0.05) is 6.42 Å². The molecule has 1 atom stereocenters. The fourth-order valence-electron chi connectivity index (χ4n) is 2.17. The third kappa shape index (κ3) is 3.67. The highest BCUT2D eigenvalue weighted by Crippen LogP contribution is 2.25. The second kappa shape index (κ2) is 6.33. The molecule has 1 unspecified atom stereocenters. The third-order valence-electron chi connectivity index (χ3n) is 3.48. The van der Waals surface area contributed by atoms with Gasteiger partial charge in [0.2, 0.25) is 5.91 Å². The van der Waals surface area contributed by atoms with Gasteiger partial charge in [0.15, 0.2) is 0 Å². The Labute approximate surface area is 118 Å². The van der Waals surface area contributed by atoms with Gasteiger partial charge in [-0.1, -0.05) is 43.3 Å². The summed E-state index contributed by atoms with van der Waals surface area (Å²) < 4.78 is 12.9. The quantitative estimate of drug-likeness (QED) is 0.881. The summed E-state index contributed by atoms with van der Waals surface area (Å²) in [6, 6.07) is 14.6. The Kier molecular flexibility index (Phi) is 4.51. The van der Waals surface area contributed by atoms with Crippen LogP contribution in [0.25, 0.3) is 11.1 Å². The van der Waals surface area contributed by atoms with Crippen molar-refractivity contribution in [3.8, 4) is 11.1 Å². The predicted octanol–water partition coefficient (Wildman–Crippen LogP) is 3.86. The molecule has 1 amide bonds. The van der Waals surface area contributed by atoms with Crippen molar-refractivity contribution in [1.82, 2.24) is 0 Å². The third-order valence-corrected chi connectivity index (χ3v) is 3.48. The van der Waals surface area contributed by atoms with Crippen molar-refractivity contribution in [3.63, 3.8) is 0 Å². The van der Waals surface area contributed by atoms with E-state index in [0.29, 0.717) is 12.3 Å². The highest BCUT2D eigenvalue weighted by atomic mass is 19.1. The maximum Gasteiger partial charge on any atom is 0.217 e. The van der Waals surface area contributed by atoms with E-state index in [0.717, 1.165) is 17.5 Å². The Morgan fingerprint density at radius 1 is 1.05 bits per heavy atom. The van der Waals surface area contributed by atoms with Crippen LogP contribution in [-0.2, 0) is 4.79 Å². The molecule has 104 valence electrons. The molecule has 0 aliphatic heterocycles. The average molecular weight is 271 g/mol. The summed E-state index contributed by atoms with van der Waals surface area (Å²) in [6.07, 6.45) is 1.16. The van der Waals surface area contributed by atoms with E-state index in [1.807, 2.05) is 24.3 Å². The lowest BCUT2D eigenvalue weighted by atomic mass is 9.94. The van der Waals surface area contributed by atoms with Crippen molar-refractivity contribution < 1.29 is 9.18 Å². The van der Waals surface area contributed by atoms with Crippen molar-refractivity contribution in [3.05, 3.63) is 59.9 Å². The van der Waals surface area contributed by atoms with E-state index < -0.39 is 0 Å². The van der Waals surface area contributed by atoms with Crippen molar-refractivity contribution in [2.75, 3.05) is 0 Å². The second-order valence-electron chi connectivity index (χ2n) is 5.03. The molecule has 0 bridgehead atoms. The van der Waals surface area contributed by atoms with E-state index in [1.54, 1.807) is 12.1 Å². The van der Waals surface area contributed by atoms with Gasteiger partial charge < -0.3 is 5.73 Å². The summed E-state index contributed by atoms with van der Waals surface area (Å²) in [5, 5.41) is 0. The van der Waals surface area contributed by atoms with Crippen molar-refractivity contribution in [2.24, 2.45) is 5.73 Å². The molecule has 0 saturated heterocycles. The largest absolute Gasteiger partial charge is 0.370 e. The smallest absolute Gasteiger partial charge is 0.217 e. The first kappa shape index (κ1) is 14.3. The van der Waals surface area contributed by atoms with Crippen LogP contribution in [0.15, 0.2) is 48.5 Å². The first-order valence-corrected chi connectivity index (χ1v) is 6.70. The summed E-state index contributed by atoms with van der Waals surface area (Å²) in [6.45, 7) is 2.08. The minimum absolute atomic E-state index is 0.231. The van der Waals surface area contributed by atoms with Gasteiger partial charge in [-0.2, -0.15) is 0 Å². The molecule has 3 heteroatoms. The molecule has 2 nitrogen and oxygen atoms in total. The maximum absolute atomic E-state index is 12.9. The number of nitrogens with two attached hydrogens (primary N) is 1. The Morgan fingerprint density at radius 2 is 1.55 bits per heavy atom. The second-order valence-corrected chi connectivity index (χ2v) is 5.03. The molecule has 0 aliphatic carbocycles. The minimum atomic E-state index is -0.264. The van der Waals surface area contributed by atoms with Crippen LogP contribution in [0.5, 0.6) is 0 Å². The molecule has 0 saturated carbocycles. The summed E-state index contributed by atoms with van der Waals surface area (Å²) >= 11 is 0. The van der Waals surface area contributed by atoms with E-state index in [1.165, 1.54) is 17.7 Å². The topological polar surface area (TPSA) is 43.1 Å². The predicted molar refractivity (Wildman–Crippen MR) is 78.7 cm³/mol. The summed E-state index contributed by atoms with van der Waals surface area (Å²) in [5.74, 6) is -0.199. The van der Waals surface area contributed by atoms with Gasteiger partial charge >= 0.3 is 0 Å². The summed E-state index contributed by atoms with van der Waals surface area (Å²) in [4.78, 5) is 10.8. The normalized spacial score (nSPS) is 12.1. The van der Waals surface area contributed by atoms with Gasteiger partial charge in [0.1, 0.15) is 5.82 Å². The van der Waals surface area contributed by atoms with Crippen LogP contribution in [-0.4, -0.2) is 5.91 Å². The standard InChI is InChI=1S/C17H18FNO/c1-12(2-11-17(19)20)13-3-5-14(6-4-13)15-7-9-16(18)10-8-15/h3-10,12H,2,11H2,1H3,(H2,19,20). The fraction of sp³-hybridized carbons (Fsp3) is 0.235. The van der Waals surface area contributed by atoms with Gasteiger partial charge in [-0.15, -0.1) is 0 Å². The van der Waals surface area contributed by atoms with E-state index in [9.17, 15) is 9.18 Å². The van der Waals surface area contributed by atoms with Gasteiger partial charge in [-0.3, -0.25) is 4.79 Å². The van der Waals surface area contributed by atoms with E-state index >= 15 is 0 Å². The SMILES string of the molecule is CC(CCC(N)=O)c1ccc(-c2ccc(F)cc2)cc1. The zero-order valence-corrected chi connectivity index (χ0v) is 11.5. The molecule has 20 heavy (non-hydrogen) atoms. The summed E-state index contributed by atoms with van der Waals surface area (Å²) in [5.41, 5.74) is 8.38. The number of primary amides is 1. The van der Waals surface area contributed by atoms with Crippen LogP contribution in [0.2, 0.25) is 0 Å². The molecular formula is C17H18FNO. The van der Waals surface area contributed by atoms with Crippen LogP contribution in [0.3, 0.4) is 0 Å². The van der Waals surface area contributed by atoms with E-state index in [4.69, 9.17) is 5.73 Å². The van der Waals surface area contributed by atoms with Crippen molar-refractivity contribution in [1.29, 1.82) is 0 Å². The fourth-order valence-corrected chi connectivity index (χ4v) is 2.17. The number of halogens is 1. The molecule has 0 heterocycles. The Hall–Kier alpha value is -2.16. The van der Waals surface area contributed by atoms with Crippen LogP contribution in [0.4, 0.5) is 4.39 Å². The lowest BCUT2D eigenvalue weighted by molar-refractivity contribution is -0.118. The Morgan fingerprint density at radius 3 is 2.05 bits per heavy atom. The van der Waals surface area contributed by atoms with Crippen molar-refractivity contribution >= 4 is 5.91 Å². The molecule has 2 aromatic carbocycles. The molecule has 2 rings (SSSR count). The minimum Gasteiger partial charge on any atom is -0.370 e. The van der Waals surface area contributed by atoms with Crippen LogP contribution < -0.4 is 5.73 Å². The molecule has 0 fully saturated rings. The number of hydrogen-bond acceptors (Lipinski definition) is 1. The summed E-state index contributed by atoms with van der Waals surface area (Å²) in [7, 11) is 0. The number of amides is 1. The van der Waals surface area contributed by atoms with Gasteiger partial charge in [0.25, 0.3) is 0 Å². The molecule has 0 aromatic heterocycles. The van der Waals surface area contributed by atoms with Gasteiger partial charge in [0.05, 0.1) is 0 Å². The van der Waals surface area contributed by atoms with Crippen LogP contribution in [0.1, 0.15) is 31.2 Å².